The van der Waals surface area contributed by atoms with Gasteiger partial charge < -0.3 is 9.15 Å². The van der Waals surface area contributed by atoms with Crippen LogP contribution in [0.25, 0.3) is 0 Å². The zero-order valence-corrected chi connectivity index (χ0v) is 8.13. The van der Waals surface area contributed by atoms with E-state index in [1.54, 1.807) is 0 Å². The molecule has 0 radical (unpaired) electrons. The Morgan fingerprint density at radius 1 is 1.50 bits per heavy atom. The van der Waals surface area contributed by atoms with Crippen molar-refractivity contribution in [2.75, 3.05) is 13.2 Å². The van der Waals surface area contributed by atoms with Crippen LogP contribution < -0.4 is 5.32 Å². The Kier molecular flexibility index (Phi) is 2.48. The molecule has 1 N–H and O–H groups in total. The molecule has 12 heavy (non-hydrogen) atoms. The van der Waals surface area contributed by atoms with Gasteiger partial charge in [-0.05, 0) is 34.5 Å². The topological polar surface area (TPSA) is 34.4 Å². The van der Waals surface area contributed by atoms with Crippen LogP contribution in [-0.4, -0.2) is 13.2 Å². The third-order valence-electron chi connectivity index (χ3n) is 1.79. The first-order chi connectivity index (χ1) is 5.86. The third kappa shape index (κ3) is 1.71. The molecule has 1 aliphatic rings. The van der Waals surface area contributed by atoms with Crippen LogP contribution in [0.3, 0.4) is 0 Å². The van der Waals surface area contributed by atoms with Crippen molar-refractivity contribution in [1.29, 1.82) is 0 Å². The fraction of sp³-hybridized carbons (Fsp3) is 0.500. The smallest absolute Gasteiger partial charge is 0.169 e. The highest BCUT2D eigenvalue weighted by molar-refractivity contribution is 9.10. The van der Waals surface area contributed by atoms with Crippen molar-refractivity contribution in [1.82, 2.24) is 5.32 Å². The minimum atomic E-state index is -0.0648. The largest absolute Gasteiger partial charge is 0.450 e. The highest BCUT2D eigenvalue weighted by Crippen LogP contribution is 2.22. The van der Waals surface area contributed by atoms with Gasteiger partial charge in [-0.1, -0.05) is 0 Å². The highest BCUT2D eigenvalue weighted by atomic mass is 79.9. The summed E-state index contributed by atoms with van der Waals surface area (Å²) in [6.45, 7) is 1.79. The molecule has 3 nitrogen and oxygen atoms in total. The lowest BCUT2D eigenvalue weighted by Crippen LogP contribution is -2.30. The molecule has 1 aromatic heterocycles. The number of hydrogen-bond donors (Lipinski definition) is 1. The molecule has 0 spiro atoms. The Labute approximate surface area is 79.2 Å². The standard InChI is InChI=1S/C8H10BrNO2/c9-7-3-2-6(12-7)8-10-4-1-5-11-8/h2-3,8,10H,1,4-5H2. The van der Waals surface area contributed by atoms with E-state index in [1.807, 2.05) is 12.1 Å². The van der Waals surface area contributed by atoms with Crippen molar-refractivity contribution in [2.45, 2.75) is 12.6 Å². The van der Waals surface area contributed by atoms with E-state index >= 15 is 0 Å². The van der Waals surface area contributed by atoms with E-state index in [1.165, 1.54) is 0 Å². The van der Waals surface area contributed by atoms with Crippen LogP contribution >= 0.6 is 15.9 Å². The highest BCUT2D eigenvalue weighted by Gasteiger charge is 2.17. The lowest BCUT2D eigenvalue weighted by molar-refractivity contribution is -0.0138. The molecule has 1 unspecified atom stereocenters. The lowest BCUT2D eigenvalue weighted by atomic mass is 10.3. The van der Waals surface area contributed by atoms with Gasteiger partial charge in [-0.15, -0.1) is 0 Å². The van der Waals surface area contributed by atoms with Crippen LogP contribution in [0.15, 0.2) is 21.2 Å². The summed E-state index contributed by atoms with van der Waals surface area (Å²) < 4.78 is 11.5. The molecule has 0 saturated carbocycles. The zero-order chi connectivity index (χ0) is 8.39. The van der Waals surface area contributed by atoms with Crippen molar-refractivity contribution in [3.05, 3.63) is 22.6 Å². The molecule has 0 aromatic carbocycles. The van der Waals surface area contributed by atoms with Gasteiger partial charge in [0.1, 0.15) is 5.76 Å². The van der Waals surface area contributed by atoms with Crippen molar-refractivity contribution in [3.8, 4) is 0 Å². The van der Waals surface area contributed by atoms with E-state index in [9.17, 15) is 0 Å². The van der Waals surface area contributed by atoms with Crippen LogP contribution in [0.1, 0.15) is 18.4 Å². The average molecular weight is 232 g/mol. The quantitative estimate of drug-likeness (QED) is 0.804. The third-order valence-corrected chi connectivity index (χ3v) is 2.21. The van der Waals surface area contributed by atoms with Crippen LogP contribution in [0.4, 0.5) is 0 Å². The molecule has 66 valence electrons. The Balaban J connectivity index is 2.08. The summed E-state index contributed by atoms with van der Waals surface area (Å²) in [5.74, 6) is 0.835. The first-order valence-corrected chi connectivity index (χ1v) is 4.76. The minimum absolute atomic E-state index is 0.0648. The van der Waals surface area contributed by atoms with Gasteiger partial charge >= 0.3 is 0 Å². The van der Waals surface area contributed by atoms with Gasteiger partial charge in [0.25, 0.3) is 0 Å². The second-order valence-corrected chi connectivity index (χ2v) is 3.48. The maximum atomic E-state index is 5.45. The van der Waals surface area contributed by atoms with Gasteiger partial charge in [-0.3, -0.25) is 5.32 Å². The predicted molar refractivity (Wildman–Crippen MR) is 47.7 cm³/mol. The van der Waals surface area contributed by atoms with Crippen molar-refractivity contribution in [3.63, 3.8) is 0 Å². The van der Waals surface area contributed by atoms with E-state index in [0.717, 1.165) is 30.0 Å². The lowest BCUT2D eigenvalue weighted by Gasteiger charge is -2.21. The van der Waals surface area contributed by atoms with Gasteiger partial charge in [0.15, 0.2) is 10.9 Å². The van der Waals surface area contributed by atoms with Gasteiger partial charge in [0.05, 0.1) is 6.61 Å². The summed E-state index contributed by atoms with van der Waals surface area (Å²) in [7, 11) is 0. The Morgan fingerprint density at radius 3 is 3.00 bits per heavy atom. The zero-order valence-electron chi connectivity index (χ0n) is 6.55. The number of halogens is 1. The van der Waals surface area contributed by atoms with Gasteiger partial charge in [-0.25, -0.2) is 0 Å². The maximum absolute atomic E-state index is 5.45. The van der Waals surface area contributed by atoms with E-state index in [-0.39, 0.29) is 6.23 Å². The molecule has 0 aliphatic carbocycles. The van der Waals surface area contributed by atoms with Crippen LogP contribution in [-0.2, 0) is 4.74 Å². The first-order valence-electron chi connectivity index (χ1n) is 3.96. The Morgan fingerprint density at radius 2 is 2.42 bits per heavy atom. The minimum Gasteiger partial charge on any atom is -0.450 e. The number of nitrogens with one attached hydrogen (secondary N) is 1. The summed E-state index contributed by atoms with van der Waals surface area (Å²) in [6, 6.07) is 3.78. The molecule has 4 heteroatoms. The summed E-state index contributed by atoms with van der Waals surface area (Å²) in [5.41, 5.74) is 0. The van der Waals surface area contributed by atoms with Crippen LogP contribution in [0, 0.1) is 0 Å². The van der Waals surface area contributed by atoms with Gasteiger partial charge in [0, 0.05) is 6.54 Å². The molecule has 0 bridgehead atoms. The van der Waals surface area contributed by atoms with Crippen LogP contribution in [0.2, 0.25) is 0 Å². The molecule has 1 fully saturated rings. The summed E-state index contributed by atoms with van der Waals surface area (Å²) >= 11 is 3.25. The molecule has 1 aliphatic heterocycles. The SMILES string of the molecule is Brc1ccc(C2NCCCO2)o1. The normalized spacial score (nSPS) is 24.2. The molecular formula is C8H10BrNO2. The maximum Gasteiger partial charge on any atom is 0.169 e. The second-order valence-electron chi connectivity index (χ2n) is 2.70. The molecule has 1 saturated heterocycles. The van der Waals surface area contributed by atoms with Crippen molar-refractivity contribution in [2.24, 2.45) is 0 Å². The Bertz CT molecular complexity index is 255. The van der Waals surface area contributed by atoms with Gasteiger partial charge in [-0.2, -0.15) is 0 Å². The van der Waals surface area contributed by atoms with E-state index in [4.69, 9.17) is 9.15 Å². The van der Waals surface area contributed by atoms with E-state index in [2.05, 4.69) is 21.2 Å². The first kappa shape index (κ1) is 8.29. The van der Waals surface area contributed by atoms with Gasteiger partial charge in [0.2, 0.25) is 0 Å². The van der Waals surface area contributed by atoms with E-state index < -0.39 is 0 Å². The number of hydrogen-bond acceptors (Lipinski definition) is 3. The summed E-state index contributed by atoms with van der Waals surface area (Å²) in [4.78, 5) is 0. The van der Waals surface area contributed by atoms with Crippen LogP contribution in [0.5, 0.6) is 0 Å². The molecule has 2 heterocycles. The fourth-order valence-electron chi connectivity index (χ4n) is 1.22. The molecule has 2 rings (SSSR count). The number of rotatable bonds is 1. The second kappa shape index (κ2) is 3.60. The molecular weight excluding hydrogens is 222 g/mol. The monoisotopic (exact) mass is 231 g/mol. The number of ether oxygens (including phenoxy) is 1. The Hall–Kier alpha value is -0.320. The van der Waals surface area contributed by atoms with Crippen molar-refractivity contribution < 1.29 is 9.15 Å². The molecule has 0 amide bonds. The average Bonchev–Trinajstić information content (AvgIpc) is 2.54. The predicted octanol–water partition coefficient (Wildman–Crippen LogP) is 2.05. The molecule has 1 atom stereocenters. The fourth-order valence-corrected chi connectivity index (χ4v) is 1.54. The summed E-state index contributed by atoms with van der Waals surface area (Å²) in [5, 5.41) is 3.21. The summed E-state index contributed by atoms with van der Waals surface area (Å²) in [6.07, 6.45) is 1.00. The number of furan rings is 1. The van der Waals surface area contributed by atoms with E-state index in [0.29, 0.717) is 0 Å². The molecule has 1 aromatic rings. The van der Waals surface area contributed by atoms with Crippen molar-refractivity contribution >= 4 is 15.9 Å².